The SMILES string of the molecule is O=[C-]N[SiH3]. The summed E-state index contributed by atoms with van der Waals surface area (Å²) in [5.41, 5.74) is 0. The molecule has 0 aliphatic heterocycles. The first kappa shape index (κ1) is 3.69. The molecule has 0 saturated carbocycles. The first-order valence-corrected chi connectivity index (χ1v) is 1.95. The lowest BCUT2D eigenvalue weighted by atomic mass is 11.5. The quantitative estimate of drug-likeness (QED) is 0.216. The van der Waals surface area contributed by atoms with E-state index in [4.69, 9.17) is 4.79 Å². The van der Waals surface area contributed by atoms with Gasteiger partial charge in [-0.1, -0.05) is 0 Å². The minimum atomic E-state index is 0.716. The fourth-order valence-corrected chi connectivity index (χ4v) is 0. The maximum Gasteiger partial charge on any atom is 0.0722 e. The summed E-state index contributed by atoms with van der Waals surface area (Å²) in [6.45, 7) is 0. The second-order valence-corrected chi connectivity index (χ2v) is 0.852. The van der Waals surface area contributed by atoms with Crippen molar-refractivity contribution in [2.45, 2.75) is 0 Å². The number of rotatable bonds is 1. The van der Waals surface area contributed by atoms with Gasteiger partial charge in [-0.15, -0.1) is 0 Å². The van der Waals surface area contributed by atoms with Crippen LogP contribution < -0.4 is 4.98 Å². The predicted molar refractivity (Wildman–Crippen MR) is 18.8 cm³/mol. The standard InChI is InChI=1S/CH4NOSi/c3-1-2-4/h4H3,(H,2,3)/q-1. The maximum atomic E-state index is 8.97. The van der Waals surface area contributed by atoms with Crippen molar-refractivity contribution in [2.75, 3.05) is 0 Å². The zero-order valence-electron chi connectivity index (χ0n) is 2.41. The lowest BCUT2D eigenvalue weighted by Crippen LogP contribution is -2.01. The van der Waals surface area contributed by atoms with Gasteiger partial charge in [0.2, 0.25) is 0 Å². The number of hydrogen-bond donors (Lipinski definition) is 1. The minimum absolute atomic E-state index is 0.716. The number of hydrogen-bond acceptors (Lipinski definition) is 1. The summed E-state index contributed by atoms with van der Waals surface area (Å²) in [5.74, 6) is 0. The Morgan fingerprint density at radius 2 is 2.25 bits per heavy atom. The van der Waals surface area contributed by atoms with Gasteiger partial charge in [0.15, 0.2) is 0 Å². The Hall–Kier alpha value is -0.313. The van der Waals surface area contributed by atoms with Crippen LogP contribution in [0, 0.1) is 0 Å². The molecule has 1 N–H and O–H groups in total. The Balaban J connectivity index is 2.30. The van der Waals surface area contributed by atoms with E-state index < -0.39 is 0 Å². The average molecular weight is 74.1 g/mol. The second kappa shape index (κ2) is 2.69. The normalized spacial score (nSPS) is 6.00. The van der Waals surface area contributed by atoms with Crippen molar-refractivity contribution in [1.29, 1.82) is 0 Å². The van der Waals surface area contributed by atoms with Crippen LogP contribution in [0.15, 0.2) is 0 Å². The van der Waals surface area contributed by atoms with E-state index in [9.17, 15) is 0 Å². The molecular weight excluding hydrogens is 70.1 g/mol. The molecule has 3 heteroatoms. The van der Waals surface area contributed by atoms with Gasteiger partial charge in [0, 0.05) is 0 Å². The molecule has 0 aliphatic carbocycles. The Morgan fingerprint density at radius 3 is 2.25 bits per heavy atom. The molecule has 0 spiro atoms. The Kier molecular flexibility index (Phi) is 2.48. The summed E-state index contributed by atoms with van der Waals surface area (Å²) >= 11 is 0. The van der Waals surface area contributed by atoms with Crippen molar-refractivity contribution in [3.63, 3.8) is 0 Å². The molecule has 0 aromatic heterocycles. The number of carbonyl (C=O) groups excluding carboxylic acids is 1. The largest absolute Gasteiger partial charge is 0.564 e. The van der Waals surface area contributed by atoms with Crippen LogP contribution in [0.5, 0.6) is 0 Å². The van der Waals surface area contributed by atoms with E-state index in [0.717, 1.165) is 0 Å². The summed E-state index contributed by atoms with van der Waals surface area (Å²) in [4.78, 5) is 11.2. The molecule has 0 unspecified atom stereocenters. The Bertz CT molecular complexity index is 22.0. The summed E-state index contributed by atoms with van der Waals surface area (Å²) in [7, 11) is 0.716. The van der Waals surface area contributed by atoms with E-state index in [0.29, 0.717) is 10.4 Å². The third-order valence-corrected chi connectivity index (χ3v) is 0.306. The summed E-state index contributed by atoms with van der Waals surface area (Å²) < 4.78 is 0. The van der Waals surface area contributed by atoms with Crippen molar-refractivity contribution in [3.8, 4) is 0 Å². The lowest BCUT2D eigenvalue weighted by Gasteiger charge is -1.85. The van der Waals surface area contributed by atoms with E-state index in [1.54, 1.807) is 0 Å². The monoisotopic (exact) mass is 74.0 g/mol. The Morgan fingerprint density at radius 1 is 2.00 bits per heavy atom. The van der Waals surface area contributed by atoms with Gasteiger partial charge in [-0.25, -0.2) is 0 Å². The van der Waals surface area contributed by atoms with Crippen molar-refractivity contribution < 1.29 is 4.79 Å². The molecule has 0 radical (unpaired) electrons. The van der Waals surface area contributed by atoms with Crippen LogP contribution >= 0.6 is 0 Å². The molecule has 0 bridgehead atoms. The van der Waals surface area contributed by atoms with Gasteiger partial charge < -0.3 is 9.78 Å². The molecule has 4 heavy (non-hydrogen) atoms. The topological polar surface area (TPSA) is 29.1 Å². The first-order chi connectivity index (χ1) is 1.91. The third kappa shape index (κ3) is 1.69. The fourth-order valence-electron chi connectivity index (χ4n) is 0. The molecule has 24 valence electrons. The van der Waals surface area contributed by atoms with Crippen LogP contribution in [0.2, 0.25) is 0 Å². The minimum Gasteiger partial charge on any atom is -0.564 e. The third-order valence-electron chi connectivity index (χ3n) is 0.102. The molecule has 1 amide bonds. The molecule has 0 saturated heterocycles. The van der Waals surface area contributed by atoms with Gasteiger partial charge in [-0.2, -0.15) is 6.41 Å². The van der Waals surface area contributed by atoms with Crippen LogP contribution in [0.4, 0.5) is 0 Å². The maximum absolute atomic E-state index is 8.97. The van der Waals surface area contributed by atoms with E-state index in [1.165, 1.54) is 6.41 Å². The fraction of sp³-hybridized carbons (Fsp3) is 0. The molecule has 0 aliphatic rings. The second-order valence-electron chi connectivity index (χ2n) is 0.352. The highest BCUT2D eigenvalue weighted by Gasteiger charge is 1.22. The summed E-state index contributed by atoms with van der Waals surface area (Å²) in [6, 6.07) is 0. The number of nitrogens with one attached hydrogen (secondary N) is 1. The van der Waals surface area contributed by atoms with Crippen LogP contribution in [0.3, 0.4) is 0 Å². The lowest BCUT2D eigenvalue weighted by molar-refractivity contribution is 0.553. The molecule has 2 nitrogen and oxygen atoms in total. The van der Waals surface area contributed by atoms with Gasteiger partial charge in [-0.05, 0) is 0 Å². The van der Waals surface area contributed by atoms with Gasteiger partial charge >= 0.3 is 0 Å². The van der Waals surface area contributed by atoms with Crippen LogP contribution in [0.25, 0.3) is 0 Å². The highest BCUT2D eigenvalue weighted by atomic mass is 28.2. The summed E-state index contributed by atoms with van der Waals surface area (Å²) in [5, 5.41) is 0. The smallest absolute Gasteiger partial charge is 0.0722 e. The van der Waals surface area contributed by atoms with Crippen molar-refractivity contribution >= 4 is 16.8 Å². The van der Waals surface area contributed by atoms with Gasteiger partial charge in [0.25, 0.3) is 0 Å². The van der Waals surface area contributed by atoms with Crippen LogP contribution in [-0.2, 0) is 4.79 Å². The molecule has 0 fully saturated rings. The van der Waals surface area contributed by atoms with Gasteiger partial charge in [0.05, 0.1) is 10.4 Å². The molecular formula is CH4NOSi-. The van der Waals surface area contributed by atoms with Crippen LogP contribution in [0.1, 0.15) is 0 Å². The molecule has 0 aromatic rings. The molecule has 0 heterocycles. The van der Waals surface area contributed by atoms with E-state index in [2.05, 4.69) is 4.98 Å². The zero-order valence-corrected chi connectivity index (χ0v) is 4.41. The van der Waals surface area contributed by atoms with Crippen LogP contribution in [-0.4, -0.2) is 16.8 Å². The Labute approximate surface area is 27.7 Å². The van der Waals surface area contributed by atoms with E-state index in [-0.39, 0.29) is 0 Å². The first-order valence-electron chi connectivity index (χ1n) is 0.954. The van der Waals surface area contributed by atoms with Crippen molar-refractivity contribution in [1.82, 2.24) is 4.98 Å². The van der Waals surface area contributed by atoms with Crippen molar-refractivity contribution in [3.05, 3.63) is 0 Å². The van der Waals surface area contributed by atoms with Gasteiger partial charge in [0.1, 0.15) is 0 Å². The highest BCUT2D eigenvalue weighted by Crippen LogP contribution is 1.07. The molecule has 0 atom stereocenters. The van der Waals surface area contributed by atoms with Crippen molar-refractivity contribution in [2.24, 2.45) is 0 Å². The highest BCUT2D eigenvalue weighted by molar-refractivity contribution is 6.10. The molecule has 0 rings (SSSR count). The van der Waals surface area contributed by atoms with E-state index >= 15 is 0 Å². The molecule has 0 aromatic carbocycles. The summed E-state index contributed by atoms with van der Waals surface area (Å²) in [6.07, 6.45) is 1.49. The van der Waals surface area contributed by atoms with Gasteiger partial charge in [-0.3, -0.25) is 0 Å². The average Bonchev–Trinajstić information content (AvgIpc) is 1.37. The predicted octanol–water partition coefficient (Wildman–Crippen LogP) is -2.08. The zero-order chi connectivity index (χ0) is 3.41. The number of amides is 1. The van der Waals surface area contributed by atoms with E-state index in [1.807, 2.05) is 0 Å².